The third-order valence-corrected chi connectivity index (χ3v) is 6.43. The minimum Gasteiger partial charge on any atom is -0.481 e. The molecule has 40 heavy (non-hydrogen) atoms. The van der Waals surface area contributed by atoms with E-state index in [1.165, 1.54) is 20.5 Å². The first-order valence-electron chi connectivity index (χ1n) is 13.0. The molecule has 3 amide bonds. The summed E-state index contributed by atoms with van der Waals surface area (Å²) in [4.78, 5) is 64.3. The van der Waals surface area contributed by atoms with Crippen LogP contribution in [0.3, 0.4) is 0 Å². The molecule has 3 N–H and O–H groups in total. The molecule has 0 saturated carbocycles. The van der Waals surface area contributed by atoms with Crippen LogP contribution in [0.2, 0.25) is 0 Å². The number of hydrogen-bond donors (Lipinski definition) is 3. The average molecular weight is 558 g/mol. The number of Topliss-reactive ketones (excluding diaryl/α,β-unsaturated/α-hetero) is 1. The van der Waals surface area contributed by atoms with Gasteiger partial charge in [0.2, 0.25) is 11.8 Å². The number of ketones is 1. The summed E-state index contributed by atoms with van der Waals surface area (Å²) in [6.45, 7) is 5.82. The van der Waals surface area contributed by atoms with E-state index in [4.69, 9.17) is 4.74 Å². The number of carboxylic acids is 1. The smallest absolute Gasteiger partial charge is 0.407 e. The van der Waals surface area contributed by atoms with E-state index in [0.29, 0.717) is 12.1 Å². The molecular weight excluding hydrogens is 522 g/mol. The minimum absolute atomic E-state index is 0.0943. The zero-order chi connectivity index (χ0) is 29.4. The van der Waals surface area contributed by atoms with Gasteiger partial charge in [-0.15, -0.1) is 0 Å². The maximum absolute atomic E-state index is 13.3. The zero-order valence-corrected chi connectivity index (χ0v) is 22.8. The summed E-state index contributed by atoms with van der Waals surface area (Å²) >= 11 is 0. The largest absolute Gasteiger partial charge is 0.481 e. The van der Waals surface area contributed by atoms with Gasteiger partial charge in [-0.1, -0.05) is 39.0 Å². The molecule has 1 fully saturated rings. The number of benzene rings is 1. The zero-order valence-electron chi connectivity index (χ0n) is 22.8. The van der Waals surface area contributed by atoms with Crippen LogP contribution in [0.15, 0.2) is 36.4 Å². The molecule has 1 aliphatic heterocycles. The minimum atomic E-state index is -1.17. The number of carbonyl (C=O) groups excluding carboxylic acids is 3. The predicted molar refractivity (Wildman–Crippen MR) is 142 cm³/mol. The van der Waals surface area contributed by atoms with Crippen molar-refractivity contribution in [3.05, 3.63) is 42.1 Å². The molecule has 216 valence electrons. The first kappa shape index (κ1) is 30.1. The topological polar surface area (TPSA) is 171 Å². The Balaban J connectivity index is 1.83. The summed E-state index contributed by atoms with van der Waals surface area (Å²) < 4.78 is 7.12. The molecule has 1 saturated heterocycles. The van der Waals surface area contributed by atoms with Crippen LogP contribution < -0.4 is 10.1 Å². The van der Waals surface area contributed by atoms with Gasteiger partial charge >= 0.3 is 12.1 Å². The maximum atomic E-state index is 13.3. The van der Waals surface area contributed by atoms with Crippen LogP contribution in [0.25, 0.3) is 5.69 Å². The van der Waals surface area contributed by atoms with E-state index in [-0.39, 0.29) is 63.0 Å². The van der Waals surface area contributed by atoms with E-state index in [0.717, 1.165) is 0 Å². The summed E-state index contributed by atoms with van der Waals surface area (Å²) in [6.07, 6.45) is -1.20. The van der Waals surface area contributed by atoms with Gasteiger partial charge in [-0.2, -0.15) is 5.10 Å². The second kappa shape index (κ2) is 13.1. The number of aromatic nitrogens is 2. The number of rotatable bonds is 10. The number of carboxylic acid groups (broad SMARTS) is 2. The van der Waals surface area contributed by atoms with Gasteiger partial charge in [0.1, 0.15) is 12.6 Å². The summed E-state index contributed by atoms with van der Waals surface area (Å²) in [5, 5.41) is 25.4. The van der Waals surface area contributed by atoms with Crippen LogP contribution in [0.1, 0.15) is 50.5 Å². The summed E-state index contributed by atoms with van der Waals surface area (Å²) in [6, 6.07) is 9.02. The maximum Gasteiger partial charge on any atom is 0.407 e. The molecule has 1 aromatic carbocycles. The van der Waals surface area contributed by atoms with Crippen LogP contribution in [-0.4, -0.2) is 98.3 Å². The second-order valence-electron chi connectivity index (χ2n) is 10.5. The number of carbonyl (C=O) groups is 5. The molecule has 2 heterocycles. The lowest BCUT2D eigenvalue weighted by molar-refractivity contribution is -0.138. The van der Waals surface area contributed by atoms with Crippen molar-refractivity contribution in [3.63, 3.8) is 0 Å². The fourth-order valence-electron chi connectivity index (χ4n) is 3.99. The van der Waals surface area contributed by atoms with E-state index in [2.05, 4.69) is 10.4 Å². The molecule has 3 rings (SSSR count). The van der Waals surface area contributed by atoms with Crippen LogP contribution in [0, 0.1) is 5.41 Å². The highest BCUT2D eigenvalue weighted by Crippen LogP contribution is 2.22. The number of nitrogens with zero attached hydrogens (tertiary/aromatic N) is 4. The molecule has 1 aromatic heterocycles. The van der Waals surface area contributed by atoms with Gasteiger partial charge in [-0.25, -0.2) is 9.48 Å². The van der Waals surface area contributed by atoms with Crippen molar-refractivity contribution in [2.75, 3.05) is 32.8 Å². The molecule has 0 radical (unpaired) electrons. The summed E-state index contributed by atoms with van der Waals surface area (Å²) in [5.74, 6) is -2.38. The Morgan fingerprint density at radius 2 is 1.65 bits per heavy atom. The fourth-order valence-corrected chi connectivity index (χ4v) is 3.99. The van der Waals surface area contributed by atoms with Crippen LogP contribution in [0.5, 0.6) is 5.88 Å². The van der Waals surface area contributed by atoms with Gasteiger partial charge in [-0.3, -0.25) is 19.2 Å². The van der Waals surface area contributed by atoms with Gasteiger partial charge in [-0.05, 0) is 25.0 Å². The van der Waals surface area contributed by atoms with Gasteiger partial charge in [0.05, 0.1) is 5.69 Å². The van der Waals surface area contributed by atoms with Crippen molar-refractivity contribution >= 4 is 29.7 Å². The lowest BCUT2D eigenvalue weighted by Crippen LogP contribution is -2.50. The van der Waals surface area contributed by atoms with Crippen molar-refractivity contribution in [3.8, 4) is 11.6 Å². The standard InChI is InChI=1S/C27H35N5O8/c1-27(2,3)21(33)17-40-22-16-20(29-32(22)18-8-5-4-6-9-18)24(36)28-19(10-11-23(34)35)25(37)30-12-7-13-31(15-14-30)26(38)39/h4-6,8-9,16,19H,7,10-15,17H2,1-3H3,(H,28,36)(H,34,35)(H,38,39)/t19-/m0/s1. The summed E-state index contributed by atoms with van der Waals surface area (Å²) in [7, 11) is 0. The molecule has 2 aromatic rings. The highest BCUT2D eigenvalue weighted by atomic mass is 16.5. The lowest BCUT2D eigenvalue weighted by Gasteiger charge is -2.26. The summed E-state index contributed by atoms with van der Waals surface area (Å²) in [5.41, 5.74) is -0.154. The molecule has 0 unspecified atom stereocenters. The Hall–Kier alpha value is -4.42. The van der Waals surface area contributed by atoms with E-state index in [9.17, 15) is 34.2 Å². The van der Waals surface area contributed by atoms with Gasteiger partial charge in [0.15, 0.2) is 11.5 Å². The molecular formula is C27H35N5O8. The molecule has 0 spiro atoms. The van der Waals surface area contributed by atoms with Crippen molar-refractivity contribution in [1.29, 1.82) is 0 Å². The fraction of sp³-hybridized carbons (Fsp3) is 0.481. The number of nitrogens with one attached hydrogen (secondary N) is 1. The average Bonchev–Trinajstić information content (AvgIpc) is 3.17. The third-order valence-electron chi connectivity index (χ3n) is 6.43. The number of ether oxygens (including phenoxy) is 1. The molecule has 13 nitrogen and oxygen atoms in total. The van der Waals surface area contributed by atoms with E-state index in [1.54, 1.807) is 51.1 Å². The number of hydrogen-bond acceptors (Lipinski definition) is 7. The van der Waals surface area contributed by atoms with Crippen molar-refractivity contribution in [2.45, 2.75) is 46.1 Å². The molecule has 1 atom stereocenters. The first-order valence-corrected chi connectivity index (χ1v) is 13.0. The quantitative estimate of drug-likeness (QED) is 0.395. The highest BCUT2D eigenvalue weighted by Gasteiger charge is 2.30. The third kappa shape index (κ3) is 8.04. The van der Waals surface area contributed by atoms with Crippen LogP contribution >= 0.6 is 0 Å². The van der Waals surface area contributed by atoms with Crippen molar-refractivity contribution < 1.29 is 38.9 Å². The van der Waals surface area contributed by atoms with E-state index in [1.807, 2.05) is 0 Å². The number of amides is 3. The first-order chi connectivity index (χ1) is 18.9. The molecule has 1 aliphatic rings. The normalized spacial score (nSPS) is 14.7. The van der Waals surface area contributed by atoms with Gasteiger partial charge < -0.3 is 30.1 Å². The monoisotopic (exact) mass is 557 g/mol. The Bertz CT molecular complexity index is 1240. The van der Waals surface area contributed by atoms with Crippen LogP contribution in [-0.2, 0) is 14.4 Å². The Labute approximate surface area is 231 Å². The predicted octanol–water partition coefficient (Wildman–Crippen LogP) is 2.04. The second-order valence-corrected chi connectivity index (χ2v) is 10.5. The van der Waals surface area contributed by atoms with Crippen molar-refractivity contribution in [2.24, 2.45) is 5.41 Å². The van der Waals surface area contributed by atoms with Crippen LogP contribution in [0.4, 0.5) is 4.79 Å². The SMILES string of the molecule is CC(C)(C)C(=O)COc1cc(C(=O)N[C@@H](CCC(=O)O)C(=O)N2CCCN(C(=O)O)CC2)nn1-c1ccccc1. The van der Waals surface area contributed by atoms with Gasteiger partial charge in [0.25, 0.3) is 5.91 Å². The Kier molecular flexibility index (Phi) is 9.86. The molecule has 0 bridgehead atoms. The Morgan fingerprint density at radius 1 is 1.00 bits per heavy atom. The molecule has 0 aliphatic carbocycles. The highest BCUT2D eigenvalue weighted by molar-refractivity contribution is 5.96. The van der Waals surface area contributed by atoms with E-state index < -0.39 is 35.3 Å². The van der Waals surface area contributed by atoms with Gasteiger partial charge in [0, 0.05) is 44.1 Å². The van der Waals surface area contributed by atoms with Crippen molar-refractivity contribution in [1.82, 2.24) is 24.9 Å². The van der Waals surface area contributed by atoms with E-state index >= 15 is 0 Å². The Morgan fingerprint density at radius 3 is 2.27 bits per heavy atom. The lowest BCUT2D eigenvalue weighted by atomic mass is 9.91. The number of para-hydroxylation sites is 1. The molecule has 13 heteroatoms. The number of aliphatic carboxylic acids is 1.